The minimum absolute atomic E-state index is 0.0828. The second-order valence-electron chi connectivity index (χ2n) is 6.45. The maximum atomic E-state index is 12.6. The highest BCUT2D eigenvalue weighted by Gasteiger charge is 2.43. The number of benzene rings is 1. The Morgan fingerprint density at radius 2 is 1.74 bits per heavy atom. The molecule has 1 fully saturated rings. The molecule has 1 aliphatic carbocycles. The highest BCUT2D eigenvalue weighted by molar-refractivity contribution is 6.23. The number of hydrogen-bond acceptors (Lipinski definition) is 3. The SMILES string of the molecule is CC1(C)CC(=O)C(C(=O)Nc2cccc(C(F)(F)F)c2)C(=O)C1. The molecule has 0 heterocycles. The zero-order valence-corrected chi connectivity index (χ0v) is 12.7. The first-order valence-corrected chi connectivity index (χ1v) is 7.03. The summed E-state index contributed by atoms with van der Waals surface area (Å²) in [6, 6.07) is 4.05. The normalized spacial score (nSPS) is 18.8. The molecule has 0 aliphatic heterocycles. The Morgan fingerprint density at radius 1 is 1.17 bits per heavy atom. The monoisotopic (exact) mass is 327 g/mol. The van der Waals surface area contributed by atoms with E-state index < -0.39 is 40.5 Å². The molecule has 23 heavy (non-hydrogen) atoms. The molecule has 1 aliphatic rings. The van der Waals surface area contributed by atoms with Gasteiger partial charge in [0.2, 0.25) is 5.91 Å². The Balaban J connectivity index is 2.17. The third kappa shape index (κ3) is 3.97. The van der Waals surface area contributed by atoms with Crippen molar-refractivity contribution in [2.45, 2.75) is 32.9 Å². The number of hydrogen-bond donors (Lipinski definition) is 1. The van der Waals surface area contributed by atoms with Crippen LogP contribution in [0, 0.1) is 11.3 Å². The van der Waals surface area contributed by atoms with Crippen molar-refractivity contribution in [2.24, 2.45) is 11.3 Å². The van der Waals surface area contributed by atoms with E-state index in [1.807, 2.05) is 0 Å². The largest absolute Gasteiger partial charge is 0.416 e. The number of halogens is 3. The average Bonchev–Trinajstić information content (AvgIpc) is 2.35. The van der Waals surface area contributed by atoms with Gasteiger partial charge < -0.3 is 5.32 Å². The van der Waals surface area contributed by atoms with E-state index in [4.69, 9.17) is 0 Å². The van der Waals surface area contributed by atoms with E-state index in [1.165, 1.54) is 6.07 Å². The van der Waals surface area contributed by atoms with Crippen molar-refractivity contribution in [1.82, 2.24) is 0 Å². The van der Waals surface area contributed by atoms with Crippen molar-refractivity contribution in [2.75, 3.05) is 5.32 Å². The van der Waals surface area contributed by atoms with Gasteiger partial charge in [0, 0.05) is 18.5 Å². The molecule has 0 aromatic heterocycles. The fourth-order valence-electron chi connectivity index (χ4n) is 2.67. The number of carbonyl (C=O) groups excluding carboxylic acids is 3. The molecule has 1 saturated carbocycles. The van der Waals surface area contributed by atoms with Crippen LogP contribution in [0.1, 0.15) is 32.3 Å². The molecule has 1 N–H and O–H groups in total. The minimum atomic E-state index is -4.54. The smallest absolute Gasteiger partial charge is 0.325 e. The van der Waals surface area contributed by atoms with E-state index >= 15 is 0 Å². The molecular weight excluding hydrogens is 311 g/mol. The summed E-state index contributed by atoms with van der Waals surface area (Å²) in [5.74, 6) is -3.33. The lowest BCUT2D eigenvalue weighted by atomic mass is 9.71. The molecule has 0 bridgehead atoms. The Morgan fingerprint density at radius 3 is 2.26 bits per heavy atom. The van der Waals surface area contributed by atoms with Crippen LogP contribution in [0.5, 0.6) is 0 Å². The van der Waals surface area contributed by atoms with Crippen molar-refractivity contribution < 1.29 is 27.6 Å². The van der Waals surface area contributed by atoms with Gasteiger partial charge >= 0.3 is 6.18 Å². The third-order valence-electron chi connectivity index (χ3n) is 3.67. The van der Waals surface area contributed by atoms with E-state index in [0.717, 1.165) is 18.2 Å². The Hall–Kier alpha value is -2.18. The summed E-state index contributed by atoms with van der Waals surface area (Å²) in [5.41, 5.74) is -1.52. The van der Waals surface area contributed by atoms with Crippen molar-refractivity contribution in [3.63, 3.8) is 0 Å². The van der Waals surface area contributed by atoms with E-state index in [1.54, 1.807) is 13.8 Å². The summed E-state index contributed by atoms with van der Waals surface area (Å²) in [6.07, 6.45) is -4.37. The predicted octanol–water partition coefficient (Wildman–Crippen LogP) is 3.22. The maximum Gasteiger partial charge on any atom is 0.416 e. The number of nitrogens with one attached hydrogen (secondary N) is 1. The first kappa shape index (κ1) is 17.2. The van der Waals surface area contributed by atoms with Gasteiger partial charge in [-0.15, -0.1) is 0 Å². The lowest BCUT2D eigenvalue weighted by Gasteiger charge is -2.31. The summed E-state index contributed by atoms with van der Waals surface area (Å²) in [6.45, 7) is 3.51. The fraction of sp³-hybridized carbons (Fsp3) is 0.438. The van der Waals surface area contributed by atoms with Crippen molar-refractivity contribution >= 4 is 23.2 Å². The molecule has 1 aromatic carbocycles. The van der Waals surface area contributed by atoms with Crippen LogP contribution in [0.25, 0.3) is 0 Å². The second kappa shape index (κ2) is 5.79. The Bertz CT molecular complexity index is 645. The molecule has 1 aromatic rings. The molecule has 124 valence electrons. The van der Waals surface area contributed by atoms with E-state index in [2.05, 4.69) is 5.32 Å². The van der Waals surface area contributed by atoms with Crippen molar-refractivity contribution in [1.29, 1.82) is 0 Å². The van der Waals surface area contributed by atoms with Crippen LogP contribution in [0.15, 0.2) is 24.3 Å². The molecule has 0 saturated heterocycles. The minimum Gasteiger partial charge on any atom is -0.325 e. The van der Waals surface area contributed by atoms with Gasteiger partial charge in [-0.05, 0) is 23.6 Å². The number of amides is 1. The zero-order valence-electron chi connectivity index (χ0n) is 12.7. The van der Waals surface area contributed by atoms with E-state index in [-0.39, 0.29) is 18.5 Å². The first-order chi connectivity index (χ1) is 10.5. The molecule has 2 rings (SSSR count). The van der Waals surface area contributed by atoms with Crippen molar-refractivity contribution in [3.8, 4) is 0 Å². The van der Waals surface area contributed by atoms with Gasteiger partial charge in [-0.25, -0.2) is 0 Å². The molecule has 7 heteroatoms. The first-order valence-electron chi connectivity index (χ1n) is 7.03. The van der Waals surface area contributed by atoms with Crippen LogP contribution in [0.2, 0.25) is 0 Å². The van der Waals surface area contributed by atoms with Crippen molar-refractivity contribution in [3.05, 3.63) is 29.8 Å². The summed E-state index contributed by atoms with van der Waals surface area (Å²) in [4.78, 5) is 36.2. The number of carbonyl (C=O) groups is 3. The van der Waals surface area contributed by atoms with Gasteiger partial charge in [-0.3, -0.25) is 14.4 Å². The lowest BCUT2D eigenvalue weighted by molar-refractivity contribution is -0.144. The molecule has 4 nitrogen and oxygen atoms in total. The summed E-state index contributed by atoms with van der Waals surface area (Å²) in [7, 11) is 0. The topological polar surface area (TPSA) is 63.2 Å². The fourth-order valence-corrected chi connectivity index (χ4v) is 2.67. The Labute approximate surface area is 131 Å². The zero-order chi connectivity index (χ0) is 17.4. The molecule has 0 radical (unpaired) electrons. The van der Waals surface area contributed by atoms with Crippen LogP contribution in [-0.4, -0.2) is 17.5 Å². The highest BCUT2D eigenvalue weighted by Crippen LogP contribution is 2.35. The Kier molecular flexibility index (Phi) is 4.32. The number of anilines is 1. The highest BCUT2D eigenvalue weighted by atomic mass is 19.4. The van der Waals surface area contributed by atoms with Gasteiger partial charge in [0.25, 0.3) is 0 Å². The number of Topliss-reactive ketones (excluding diaryl/α,β-unsaturated/α-hetero) is 2. The average molecular weight is 327 g/mol. The predicted molar refractivity (Wildman–Crippen MR) is 76.6 cm³/mol. The molecule has 1 amide bonds. The van der Waals surface area contributed by atoms with Gasteiger partial charge in [-0.2, -0.15) is 13.2 Å². The van der Waals surface area contributed by atoms with E-state index in [0.29, 0.717) is 0 Å². The lowest BCUT2D eigenvalue weighted by Crippen LogP contribution is -2.44. The number of alkyl halides is 3. The van der Waals surface area contributed by atoms with Gasteiger partial charge in [0.15, 0.2) is 17.5 Å². The van der Waals surface area contributed by atoms with Crippen LogP contribution in [-0.2, 0) is 20.6 Å². The maximum absolute atomic E-state index is 12.6. The molecule has 0 atom stereocenters. The number of rotatable bonds is 2. The van der Waals surface area contributed by atoms with Crippen LogP contribution >= 0.6 is 0 Å². The number of ketones is 2. The second-order valence-corrected chi connectivity index (χ2v) is 6.45. The van der Waals surface area contributed by atoms with Gasteiger partial charge in [0.1, 0.15) is 0 Å². The molecule has 0 unspecified atom stereocenters. The third-order valence-corrected chi connectivity index (χ3v) is 3.67. The van der Waals surface area contributed by atoms with Gasteiger partial charge in [0.05, 0.1) is 5.56 Å². The quantitative estimate of drug-likeness (QED) is 0.848. The molecule has 0 spiro atoms. The summed E-state index contributed by atoms with van der Waals surface area (Å²) >= 11 is 0. The van der Waals surface area contributed by atoms with Crippen LogP contribution in [0.4, 0.5) is 18.9 Å². The van der Waals surface area contributed by atoms with Gasteiger partial charge in [-0.1, -0.05) is 19.9 Å². The molecular formula is C16H16F3NO3. The van der Waals surface area contributed by atoms with Crippen LogP contribution in [0.3, 0.4) is 0 Å². The van der Waals surface area contributed by atoms with E-state index in [9.17, 15) is 27.6 Å². The summed E-state index contributed by atoms with van der Waals surface area (Å²) < 4.78 is 37.9. The van der Waals surface area contributed by atoms with Crippen LogP contribution < -0.4 is 5.32 Å². The standard InChI is InChI=1S/C16H16F3NO3/c1-15(2)7-11(21)13(12(22)8-15)14(23)20-10-5-3-4-9(6-10)16(17,18)19/h3-6,13H,7-8H2,1-2H3,(H,20,23). The summed E-state index contributed by atoms with van der Waals surface area (Å²) in [5, 5.41) is 2.23.